The third-order valence-corrected chi connectivity index (χ3v) is 5.43. The molecule has 6 nitrogen and oxygen atoms in total. The molecule has 0 unspecified atom stereocenters. The van der Waals surface area contributed by atoms with Crippen molar-refractivity contribution in [2.75, 3.05) is 20.1 Å². The van der Waals surface area contributed by atoms with Crippen LogP contribution in [0.1, 0.15) is 24.0 Å². The Morgan fingerprint density at radius 3 is 2.14 bits per heavy atom. The van der Waals surface area contributed by atoms with Gasteiger partial charge in [-0.2, -0.15) is 0 Å². The number of rotatable bonds is 5. The lowest BCUT2D eigenvalue weighted by Crippen LogP contribution is -2.42. The fraction of sp³-hybridized carbons (Fsp3) is 0.364. The third kappa shape index (κ3) is 8.35. The number of hydrogen-bond donors (Lipinski definition) is 2. The zero-order valence-corrected chi connectivity index (χ0v) is 18.1. The van der Waals surface area contributed by atoms with Crippen molar-refractivity contribution in [3.8, 4) is 0 Å². The Bertz CT molecular complexity index is 780. The van der Waals surface area contributed by atoms with Crippen LogP contribution in [-0.2, 0) is 22.7 Å². The largest absolute Gasteiger partial charge is 0.473 e. The quantitative estimate of drug-likeness (QED) is 0.659. The topological polar surface area (TPSA) is 81.1 Å². The number of hydrogen-bond acceptors (Lipinski definition) is 4. The van der Waals surface area contributed by atoms with Gasteiger partial charge >= 0.3 is 11.9 Å². The zero-order valence-electron chi connectivity index (χ0n) is 16.5. The molecular formula is C22H27BrN2O4. The van der Waals surface area contributed by atoms with Crippen LogP contribution in [0.25, 0.3) is 0 Å². The first-order valence-electron chi connectivity index (χ1n) is 9.52. The van der Waals surface area contributed by atoms with E-state index in [0.29, 0.717) is 6.04 Å². The third-order valence-electron chi connectivity index (χ3n) is 4.93. The van der Waals surface area contributed by atoms with E-state index in [1.54, 1.807) is 0 Å². The van der Waals surface area contributed by atoms with Gasteiger partial charge in [0.15, 0.2) is 0 Å². The normalized spacial score (nSPS) is 14.9. The van der Waals surface area contributed by atoms with Crippen molar-refractivity contribution >= 4 is 27.9 Å². The molecule has 7 heteroatoms. The van der Waals surface area contributed by atoms with E-state index in [1.165, 1.54) is 41.5 Å². The van der Waals surface area contributed by atoms with Gasteiger partial charge in [0.1, 0.15) is 0 Å². The van der Waals surface area contributed by atoms with E-state index >= 15 is 0 Å². The van der Waals surface area contributed by atoms with Gasteiger partial charge in [0.25, 0.3) is 0 Å². The van der Waals surface area contributed by atoms with Gasteiger partial charge < -0.3 is 10.2 Å². The van der Waals surface area contributed by atoms with E-state index in [-0.39, 0.29) is 0 Å². The Labute approximate surface area is 179 Å². The van der Waals surface area contributed by atoms with Crippen LogP contribution in [0.2, 0.25) is 0 Å². The second-order valence-corrected chi connectivity index (χ2v) is 8.06. The van der Waals surface area contributed by atoms with Crippen molar-refractivity contribution in [1.82, 2.24) is 9.80 Å². The molecule has 1 aliphatic heterocycles. The van der Waals surface area contributed by atoms with E-state index in [1.807, 2.05) is 0 Å². The summed E-state index contributed by atoms with van der Waals surface area (Å²) in [6.07, 6.45) is 2.52. The maximum absolute atomic E-state index is 9.10. The number of nitrogens with zero attached hydrogens (tertiary/aromatic N) is 2. The molecule has 2 aromatic carbocycles. The monoisotopic (exact) mass is 462 g/mol. The van der Waals surface area contributed by atoms with Gasteiger partial charge in [0.05, 0.1) is 0 Å². The van der Waals surface area contributed by atoms with Gasteiger partial charge in [0.2, 0.25) is 0 Å². The van der Waals surface area contributed by atoms with E-state index in [0.717, 1.165) is 13.1 Å². The molecule has 0 saturated carbocycles. The summed E-state index contributed by atoms with van der Waals surface area (Å²) in [5, 5.41) is 14.8. The lowest BCUT2D eigenvalue weighted by Gasteiger charge is -2.37. The summed E-state index contributed by atoms with van der Waals surface area (Å²) < 4.78 is 1.17. The van der Waals surface area contributed by atoms with Crippen molar-refractivity contribution in [1.29, 1.82) is 0 Å². The number of carboxylic acid groups (broad SMARTS) is 2. The van der Waals surface area contributed by atoms with Crippen molar-refractivity contribution in [3.05, 3.63) is 70.2 Å². The predicted octanol–water partition coefficient (Wildman–Crippen LogP) is 3.70. The highest BCUT2D eigenvalue weighted by Crippen LogP contribution is 2.20. The molecule has 0 radical (unpaired) electrons. The molecule has 1 fully saturated rings. The molecule has 156 valence electrons. The first-order chi connectivity index (χ1) is 13.8. The van der Waals surface area contributed by atoms with Gasteiger partial charge in [-0.3, -0.25) is 9.80 Å². The van der Waals surface area contributed by atoms with E-state index < -0.39 is 11.9 Å². The maximum Gasteiger partial charge on any atom is 0.414 e. The fourth-order valence-electron chi connectivity index (χ4n) is 3.41. The predicted molar refractivity (Wildman–Crippen MR) is 116 cm³/mol. The summed E-state index contributed by atoms with van der Waals surface area (Å²) in [6, 6.07) is 20.2. The smallest absolute Gasteiger partial charge is 0.414 e. The molecule has 0 amide bonds. The Hall–Kier alpha value is -2.22. The van der Waals surface area contributed by atoms with Crippen LogP contribution in [-0.4, -0.2) is 58.1 Å². The summed E-state index contributed by atoms with van der Waals surface area (Å²) in [6.45, 7) is 4.50. The lowest BCUT2D eigenvalue weighted by molar-refractivity contribution is -0.159. The minimum Gasteiger partial charge on any atom is -0.473 e. The van der Waals surface area contributed by atoms with Gasteiger partial charge in [-0.05, 0) is 56.2 Å². The summed E-state index contributed by atoms with van der Waals surface area (Å²) in [5.74, 6) is -3.65. The molecule has 2 aromatic rings. The second kappa shape index (κ2) is 11.7. The first-order valence-corrected chi connectivity index (χ1v) is 10.3. The molecule has 0 aliphatic carbocycles. The van der Waals surface area contributed by atoms with Crippen molar-refractivity contribution in [2.24, 2.45) is 0 Å². The number of aliphatic carboxylic acids is 2. The highest BCUT2D eigenvalue weighted by molar-refractivity contribution is 9.10. The molecule has 0 aromatic heterocycles. The average Bonchev–Trinajstić information content (AvgIpc) is 2.70. The minimum absolute atomic E-state index is 0.703. The van der Waals surface area contributed by atoms with Crippen LogP contribution in [0.15, 0.2) is 59.1 Å². The number of halogens is 1. The minimum atomic E-state index is -1.82. The molecule has 1 saturated heterocycles. The van der Waals surface area contributed by atoms with Crippen LogP contribution in [0, 0.1) is 0 Å². The SMILES string of the molecule is CN(Cc1ccccc1)C1CCN(Cc2cccc(Br)c2)CC1.O=C(O)C(=O)O. The fourth-order valence-corrected chi connectivity index (χ4v) is 3.86. The number of carbonyl (C=O) groups is 2. The summed E-state index contributed by atoms with van der Waals surface area (Å²) >= 11 is 3.56. The Kier molecular flexibility index (Phi) is 9.31. The molecule has 29 heavy (non-hydrogen) atoms. The Morgan fingerprint density at radius 1 is 1.00 bits per heavy atom. The van der Waals surface area contributed by atoms with Crippen LogP contribution < -0.4 is 0 Å². The number of benzene rings is 2. The van der Waals surface area contributed by atoms with E-state index in [2.05, 4.69) is 87.4 Å². The molecule has 0 bridgehead atoms. The number of carboxylic acids is 2. The van der Waals surface area contributed by atoms with Crippen molar-refractivity contribution in [3.63, 3.8) is 0 Å². The standard InChI is InChI=1S/C20H25BrN2.C2H2O4/c1-22(15-17-6-3-2-4-7-17)20-10-12-23(13-11-20)16-18-8-5-9-19(21)14-18;3-1(4)2(5)6/h2-9,14,20H,10-13,15-16H2,1H3;(H,3,4)(H,5,6). The second-order valence-electron chi connectivity index (χ2n) is 7.15. The van der Waals surface area contributed by atoms with Gasteiger partial charge in [-0.1, -0.05) is 58.4 Å². The van der Waals surface area contributed by atoms with Gasteiger partial charge in [0, 0.05) is 23.6 Å². The highest BCUT2D eigenvalue weighted by Gasteiger charge is 2.22. The van der Waals surface area contributed by atoms with Crippen LogP contribution in [0.4, 0.5) is 0 Å². The number of piperidine rings is 1. The molecule has 1 aliphatic rings. The molecule has 3 rings (SSSR count). The van der Waals surface area contributed by atoms with Crippen molar-refractivity contribution in [2.45, 2.75) is 32.0 Å². The van der Waals surface area contributed by atoms with Crippen LogP contribution in [0.5, 0.6) is 0 Å². The van der Waals surface area contributed by atoms with E-state index in [4.69, 9.17) is 19.8 Å². The molecule has 2 N–H and O–H groups in total. The summed E-state index contributed by atoms with van der Waals surface area (Å²) in [5.41, 5.74) is 2.81. The van der Waals surface area contributed by atoms with Crippen LogP contribution >= 0.6 is 15.9 Å². The summed E-state index contributed by atoms with van der Waals surface area (Å²) in [7, 11) is 2.27. The Morgan fingerprint density at radius 2 is 1.59 bits per heavy atom. The van der Waals surface area contributed by atoms with Gasteiger partial charge in [-0.25, -0.2) is 9.59 Å². The number of likely N-dealkylation sites (tertiary alicyclic amines) is 1. The molecule has 1 heterocycles. The molecular weight excluding hydrogens is 436 g/mol. The molecule has 0 atom stereocenters. The Balaban J connectivity index is 0.000000438. The van der Waals surface area contributed by atoms with Gasteiger partial charge in [-0.15, -0.1) is 0 Å². The van der Waals surface area contributed by atoms with Crippen LogP contribution in [0.3, 0.4) is 0 Å². The summed E-state index contributed by atoms with van der Waals surface area (Å²) in [4.78, 5) is 23.3. The first kappa shape index (κ1) is 23.1. The van der Waals surface area contributed by atoms with Crippen molar-refractivity contribution < 1.29 is 19.8 Å². The highest BCUT2D eigenvalue weighted by atomic mass is 79.9. The lowest BCUT2D eigenvalue weighted by atomic mass is 10.0. The molecule has 0 spiro atoms. The zero-order chi connectivity index (χ0) is 21.2. The maximum atomic E-state index is 9.10. The average molecular weight is 463 g/mol. The van der Waals surface area contributed by atoms with E-state index in [9.17, 15) is 0 Å².